The molecule has 0 saturated heterocycles. The molecule has 0 radical (unpaired) electrons. The van der Waals surface area contributed by atoms with Crippen LogP contribution in [0.25, 0.3) is 79.0 Å². The predicted molar refractivity (Wildman–Crippen MR) is 209 cm³/mol. The van der Waals surface area contributed by atoms with Crippen LogP contribution in [-0.4, -0.2) is 14.5 Å². The van der Waals surface area contributed by atoms with Gasteiger partial charge in [-0.15, -0.1) is 0 Å². The zero-order chi connectivity index (χ0) is 33.4. The maximum atomic E-state index is 5.26. The van der Waals surface area contributed by atoms with Crippen LogP contribution >= 0.6 is 0 Å². The van der Waals surface area contributed by atoms with Crippen molar-refractivity contribution >= 4 is 39.5 Å². The van der Waals surface area contributed by atoms with Crippen LogP contribution in [0, 0.1) is 0 Å². The van der Waals surface area contributed by atoms with Crippen LogP contribution in [0.5, 0.6) is 0 Å². The maximum Gasteiger partial charge on any atom is 0.160 e. The van der Waals surface area contributed by atoms with Gasteiger partial charge in [-0.25, -0.2) is 9.97 Å². The van der Waals surface area contributed by atoms with Crippen LogP contribution in [0.1, 0.15) is 56.2 Å². The summed E-state index contributed by atoms with van der Waals surface area (Å²) in [6.45, 7) is 4.75. The Hall–Kier alpha value is -5.80. The zero-order valence-electron chi connectivity index (χ0n) is 28.4. The highest BCUT2D eigenvalue weighted by Crippen LogP contribution is 2.52. The molecule has 0 amide bonds. The number of rotatable bonds is 4. The molecule has 2 heterocycles. The molecule has 7 aromatic rings. The number of hydrogen-bond acceptors (Lipinski definition) is 2. The van der Waals surface area contributed by atoms with Gasteiger partial charge in [0.05, 0.1) is 22.1 Å². The number of benzene rings is 5. The van der Waals surface area contributed by atoms with Crippen LogP contribution < -0.4 is 10.6 Å². The molecule has 50 heavy (non-hydrogen) atoms. The lowest BCUT2D eigenvalue weighted by molar-refractivity contribution is 0.664. The number of para-hydroxylation sites is 1. The first-order valence-corrected chi connectivity index (χ1v) is 17.9. The summed E-state index contributed by atoms with van der Waals surface area (Å²) in [7, 11) is 0. The summed E-state index contributed by atoms with van der Waals surface area (Å²) in [6.07, 6.45) is 15.4. The van der Waals surface area contributed by atoms with E-state index in [-0.39, 0.29) is 5.41 Å². The average Bonchev–Trinajstić information content (AvgIpc) is 3.63. The monoisotopic (exact) mass is 643 g/mol. The molecular weight excluding hydrogens is 607 g/mol. The normalized spacial score (nSPS) is 15.6. The van der Waals surface area contributed by atoms with E-state index in [0.29, 0.717) is 0 Å². The Bertz CT molecular complexity index is 2700. The first-order valence-electron chi connectivity index (χ1n) is 17.9. The van der Waals surface area contributed by atoms with Crippen LogP contribution in [-0.2, 0) is 5.41 Å². The molecule has 3 aliphatic carbocycles. The Balaban J connectivity index is 1.11. The standard InChI is InChI=1S/C47H37N3/c1-47(2)40-17-9-6-14-35(40)37-28-29-38-36-15-8-11-19-42(36)50(45(38)43(37)47)34-26-24-33(25-27-34)46-48-41-18-10-7-16-39(41)44(49-46)32-22-20-31(21-23-32)30-12-4-3-5-13-30/h3-4,6,8-9,11-12,14-29H,5,7,10,13H2,1-2H3. The minimum atomic E-state index is -0.124. The van der Waals surface area contributed by atoms with Gasteiger partial charge in [0, 0.05) is 38.2 Å². The van der Waals surface area contributed by atoms with Gasteiger partial charge in [0.15, 0.2) is 5.82 Å². The Labute approximate surface area is 292 Å². The summed E-state index contributed by atoms with van der Waals surface area (Å²) < 4.78 is 2.47. The lowest BCUT2D eigenvalue weighted by atomic mass is 9.81. The smallest absolute Gasteiger partial charge is 0.160 e. The van der Waals surface area contributed by atoms with Gasteiger partial charge >= 0.3 is 0 Å². The topological polar surface area (TPSA) is 30.7 Å². The fourth-order valence-electron chi connectivity index (χ4n) is 8.67. The van der Waals surface area contributed by atoms with Crippen molar-refractivity contribution in [2.24, 2.45) is 0 Å². The summed E-state index contributed by atoms with van der Waals surface area (Å²) in [4.78, 5) is 10.4. The molecule has 2 aromatic heterocycles. The van der Waals surface area contributed by atoms with Crippen LogP contribution in [0.3, 0.4) is 0 Å². The Kier molecular flexibility index (Phi) is 6.48. The molecule has 5 aromatic carbocycles. The first kappa shape index (κ1) is 29.1. The highest BCUT2D eigenvalue weighted by molar-refractivity contribution is 6.13. The number of aromatic nitrogens is 3. The van der Waals surface area contributed by atoms with Crippen LogP contribution in [0.4, 0.5) is 0 Å². The fraction of sp³-hybridized carbons (Fsp3) is 0.149. The lowest BCUT2D eigenvalue weighted by Gasteiger charge is -2.23. The van der Waals surface area contributed by atoms with Gasteiger partial charge in [0.25, 0.3) is 0 Å². The van der Waals surface area contributed by atoms with Gasteiger partial charge in [0.1, 0.15) is 0 Å². The van der Waals surface area contributed by atoms with E-state index in [1.165, 1.54) is 55.2 Å². The van der Waals surface area contributed by atoms with Crippen molar-refractivity contribution in [2.75, 3.05) is 0 Å². The van der Waals surface area contributed by atoms with Gasteiger partial charge in [-0.2, -0.15) is 0 Å². The van der Waals surface area contributed by atoms with Crippen molar-refractivity contribution in [2.45, 2.75) is 44.9 Å². The Morgan fingerprint density at radius 1 is 0.640 bits per heavy atom. The number of fused-ring (bicyclic) bond motifs is 8. The number of allylic oxidation sites excluding steroid dienone is 4. The van der Waals surface area contributed by atoms with Crippen molar-refractivity contribution in [1.82, 2.24) is 14.5 Å². The third-order valence-electron chi connectivity index (χ3n) is 11.1. The van der Waals surface area contributed by atoms with E-state index in [0.717, 1.165) is 64.6 Å². The van der Waals surface area contributed by atoms with Crippen molar-refractivity contribution in [3.63, 3.8) is 0 Å². The minimum Gasteiger partial charge on any atom is -0.309 e. The van der Waals surface area contributed by atoms with Gasteiger partial charge < -0.3 is 4.57 Å². The summed E-state index contributed by atoms with van der Waals surface area (Å²) in [5.41, 5.74) is 14.8. The second kappa shape index (κ2) is 11.1. The van der Waals surface area contributed by atoms with Crippen molar-refractivity contribution in [3.8, 4) is 39.5 Å². The highest BCUT2D eigenvalue weighted by atomic mass is 15.0. The molecule has 0 spiro atoms. The highest BCUT2D eigenvalue weighted by Gasteiger charge is 2.38. The second-order valence-corrected chi connectivity index (χ2v) is 14.4. The van der Waals surface area contributed by atoms with E-state index >= 15 is 0 Å². The van der Waals surface area contributed by atoms with Crippen molar-refractivity contribution < 1.29 is 0 Å². The van der Waals surface area contributed by atoms with E-state index in [1.54, 1.807) is 0 Å². The van der Waals surface area contributed by atoms with E-state index in [2.05, 4.69) is 158 Å². The molecule has 0 fully saturated rings. The van der Waals surface area contributed by atoms with Gasteiger partial charge in [-0.1, -0.05) is 123 Å². The van der Waals surface area contributed by atoms with E-state index < -0.39 is 0 Å². The fourth-order valence-corrected chi connectivity index (χ4v) is 8.67. The molecule has 0 saturated carbocycles. The minimum absolute atomic E-state index is 0.124. The van der Waals surface area contributed by atoms with Crippen molar-refractivity contribution in [3.05, 3.63) is 155 Å². The molecule has 10 rings (SSSR count). The summed E-state index contributed by atoms with van der Waals surface area (Å²) in [5.74, 6) is 0.765. The molecule has 0 aliphatic heterocycles. The molecule has 3 nitrogen and oxygen atoms in total. The second-order valence-electron chi connectivity index (χ2n) is 14.4. The van der Waals surface area contributed by atoms with Crippen LogP contribution in [0.15, 0.2) is 127 Å². The molecule has 3 aliphatic rings. The number of hydrogen-bond donors (Lipinski definition) is 0. The maximum absolute atomic E-state index is 5.26. The molecule has 3 heteroatoms. The summed E-state index contributed by atoms with van der Waals surface area (Å²) in [5, 5.41) is 4.75. The predicted octanol–water partition coefficient (Wildman–Crippen LogP) is 10.3. The Morgan fingerprint density at radius 3 is 2.24 bits per heavy atom. The molecule has 240 valence electrons. The summed E-state index contributed by atoms with van der Waals surface area (Å²) >= 11 is 0. The Morgan fingerprint density at radius 2 is 1.40 bits per heavy atom. The lowest BCUT2D eigenvalue weighted by Crippen LogP contribution is -2.33. The number of nitrogens with zero attached hydrogens (tertiary/aromatic N) is 3. The molecular formula is C47H37N3. The molecule has 0 atom stereocenters. The average molecular weight is 644 g/mol. The van der Waals surface area contributed by atoms with E-state index in [4.69, 9.17) is 9.97 Å². The molecule has 0 bridgehead atoms. The zero-order valence-corrected chi connectivity index (χ0v) is 28.4. The third kappa shape index (κ3) is 4.36. The molecule has 0 unspecified atom stereocenters. The van der Waals surface area contributed by atoms with Gasteiger partial charge in [0.2, 0.25) is 0 Å². The first-order chi connectivity index (χ1) is 24.6. The van der Waals surface area contributed by atoms with E-state index in [1.807, 2.05) is 0 Å². The largest absolute Gasteiger partial charge is 0.309 e. The quantitative estimate of drug-likeness (QED) is 0.191. The van der Waals surface area contributed by atoms with Crippen LogP contribution in [0.2, 0.25) is 0 Å². The third-order valence-corrected chi connectivity index (χ3v) is 11.1. The SMILES string of the molecule is CC1(C)c2ccccc2-c2ccc3c4ccccc4n(-c4ccc(-c5nc(-c6ccc(C7=CC=CCC7)cc6)c6c(n5)=CCCC=6)cc4)c3c21. The van der Waals surface area contributed by atoms with Crippen molar-refractivity contribution in [1.29, 1.82) is 0 Å². The van der Waals surface area contributed by atoms with Gasteiger partial charge in [-0.3, -0.25) is 0 Å². The summed E-state index contributed by atoms with van der Waals surface area (Å²) in [6, 6.07) is 40.2. The van der Waals surface area contributed by atoms with E-state index in [9.17, 15) is 0 Å². The molecule has 0 N–H and O–H groups in total. The van der Waals surface area contributed by atoms with Gasteiger partial charge in [-0.05, 0) is 89.4 Å².